The van der Waals surface area contributed by atoms with E-state index < -0.39 is 43.6 Å². The molecule has 0 aromatic heterocycles. The van der Waals surface area contributed by atoms with Crippen molar-refractivity contribution in [3.05, 3.63) is 29.8 Å². The lowest BCUT2D eigenvalue weighted by Crippen LogP contribution is -2.47. The Bertz CT molecular complexity index is 475. The quantitative estimate of drug-likeness (QED) is 0.352. The van der Waals surface area contributed by atoms with E-state index >= 15 is 0 Å². The molecule has 8 nitrogen and oxygen atoms in total. The van der Waals surface area contributed by atoms with Crippen LogP contribution in [0.2, 0.25) is 0 Å². The molecule has 130 valence electrons. The van der Waals surface area contributed by atoms with Crippen molar-refractivity contribution in [1.82, 2.24) is 0 Å². The van der Waals surface area contributed by atoms with Gasteiger partial charge in [0.25, 0.3) is 0 Å². The number of benzene rings is 1. The number of hydrogen-bond acceptors (Lipinski definition) is 8. The second kappa shape index (κ2) is 9.43. The van der Waals surface area contributed by atoms with Gasteiger partial charge < -0.3 is 35.0 Å². The van der Waals surface area contributed by atoms with Gasteiger partial charge in [-0.15, -0.1) is 0 Å². The zero-order valence-electron chi connectivity index (χ0n) is 12.7. The van der Waals surface area contributed by atoms with Gasteiger partial charge in [0, 0.05) is 0 Å². The average Bonchev–Trinajstić information content (AvgIpc) is 2.58. The second-order valence-corrected chi connectivity index (χ2v) is 4.85. The molecule has 23 heavy (non-hydrogen) atoms. The molecule has 0 amide bonds. The van der Waals surface area contributed by atoms with Gasteiger partial charge in [-0.05, 0) is 31.2 Å². The molecule has 4 atom stereocenters. The normalized spacial score (nSPS) is 16.3. The molecule has 0 heterocycles. The fourth-order valence-corrected chi connectivity index (χ4v) is 1.76. The van der Waals surface area contributed by atoms with E-state index in [2.05, 4.69) is 0 Å². The maximum Gasteiger partial charge on any atom is 0.338 e. The molecule has 0 spiro atoms. The van der Waals surface area contributed by atoms with Crippen LogP contribution in [0.1, 0.15) is 17.3 Å². The number of carbonyl (C=O) groups excluding carboxylic acids is 1. The standard InChI is InChI=1S/C15H22O8/c1-2-22-10-5-3-9(4-6-10)15(21)23-8-12(18)14(20)13(19)11(17)7-16/h3-6,11-14,16-20H,2,7-8H2,1H3/t11-,12+,13+,14+/m0/s1. The van der Waals surface area contributed by atoms with Crippen LogP contribution in [-0.4, -0.2) is 75.7 Å². The highest BCUT2D eigenvalue weighted by atomic mass is 16.5. The largest absolute Gasteiger partial charge is 0.494 e. The lowest BCUT2D eigenvalue weighted by Gasteiger charge is -2.25. The Labute approximate surface area is 133 Å². The molecule has 1 aromatic rings. The summed E-state index contributed by atoms with van der Waals surface area (Å²) in [6, 6.07) is 6.15. The van der Waals surface area contributed by atoms with Crippen LogP contribution in [-0.2, 0) is 4.74 Å². The zero-order chi connectivity index (χ0) is 17.4. The lowest BCUT2D eigenvalue weighted by atomic mass is 10.0. The Morgan fingerprint density at radius 1 is 1.04 bits per heavy atom. The summed E-state index contributed by atoms with van der Waals surface area (Å²) in [5.41, 5.74) is 0.228. The molecule has 8 heteroatoms. The third kappa shape index (κ3) is 5.77. The van der Waals surface area contributed by atoms with Gasteiger partial charge in [-0.3, -0.25) is 0 Å². The summed E-state index contributed by atoms with van der Waals surface area (Å²) in [5, 5.41) is 46.5. The maximum atomic E-state index is 11.8. The number of aliphatic hydroxyl groups is 5. The van der Waals surface area contributed by atoms with Crippen LogP contribution in [0.5, 0.6) is 5.75 Å². The first-order valence-corrected chi connectivity index (χ1v) is 7.13. The molecule has 0 aliphatic heterocycles. The molecule has 0 aliphatic rings. The maximum absolute atomic E-state index is 11.8. The van der Waals surface area contributed by atoms with Gasteiger partial charge in [0.1, 0.15) is 36.8 Å². The van der Waals surface area contributed by atoms with E-state index in [-0.39, 0.29) is 5.56 Å². The minimum Gasteiger partial charge on any atom is -0.494 e. The predicted molar refractivity (Wildman–Crippen MR) is 79.0 cm³/mol. The highest BCUT2D eigenvalue weighted by molar-refractivity contribution is 5.89. The molecule has 1 rings (SSSR count). The number of esters is 1. The van der Waals surface area contributed by atoms with Gasteiger partial charge in [0.2, 0.25) is 0 Å². The summed E-state index contributed by atoms with van der Waals surface area (Å²) in [6.07, 6.45) is -6.76. The lowest BCUT2D eigenvalue weighted by molar-refractivity contribution is -0.124. The molecule has 0 bridgehead atoms. The summed E-state index contributed by atoms with van der Waals surface area (Å²) in [4.78, 5) is 11.8. The van der Waals surface area contributed by atoms with E-state index in [1.165, 1.54) is 12.1 Å². The minimum atomic E-state index is -1.77. The summed E-state index contributed by atoms with van der Waals surface area (Å²) in [6.45, 7) is 0.965. The smallest absolute Gasteiger partial charge is 0.338 e. The molecule has 0 saturated heterocycles. The van der Waals surface area contributed by atoms with Crippen LogP contribution >= 0.6 is 0 Å². The van der Waals surface area contributed by atoms with Crippen molar-refractivity contribution < 1.29 is 39.8 Å². The molecule has 0 aliphatic carbocycles. The number of aliphatic hydroxyl groups excluding tert-OH is 5. The minimum absolute atomic E-state index is 0.228. The highest BCUT2D eigenvalue weighted by Crippen LogP contribution is 2.13. The Morgan fingerprint density at radius 3 is 2.13 bits per heavy atom. The van der Waals surface area contributed by atoms with Gasteiger partial charge >= 0.3 is 5.97 Å². The van der Waals surface area contributed by atoms with Crippen LogP contribution in [0.4, 0.5) is 0 Å². The summed E-state index contributed by atoms with van der Waals surface area (Å²) < 4.78 is 10.1. The van der Waals surface area contributed by atoms with E-state index in [1.807, 2.05) is 6.92 Å². The number of hydrogen-bond donors (Lipinski definition) is 5. The number of ether oxygens (including phenoxy) is 2. The zero-order valence-corrected chi connectivity index (χ0v) is 12.7. The molecular weight excluding hydrogens is 308 g/mol. The van der Waals surface area contributed by atoms with Gasteiger partial charge in [-0.2, -0.15) is 0 Å². The van der Waals surface area contributed by atoms with Crippen molar-refractivity contribution in [2.24, 2.45) is 0 Å². The Hall–Kier alpha value is -1.71. The van der Waals surface area contributed by atoms with Crippen molar-refractivity contribution in [1.29, 1.82) is 0 Å². The van der Waals surface area contributed by atoms with Crippen LogP contribution in [0, 0.1) is 0 Å². The molecule has 0 fully saturated rings. The van der Waals surface area contributed by atoms with E-state index in [0.29, 0.717) is 12.4 Å². The van der Waals surface area contributed by atoms with Crippen molar-refractivity contribution in [2.75, 3.05) is 19.8 Å². The van der Waals surface area contributed by atoms with Gasteiger partial charge in [-0.1, -0.05) is 0 Å². The monoisotopic (exact) mass is 330 g/mol. The van der Waals surface area contributed by atoms with Crippen molar-refractivity contribution in [3.63, 3.8) is 0 Å². The fourth-order valence-electron chi connectivity index (χ4n) is 1.76. The van der Waals surface area contributed by atoms with Crippen molar-refractivity contribution in [2.45, 2.75) is 31.3 Å². The Balaban J connectivity index is 2.51. The SMILES string of the molecule is CCOc1ccc(C(=O)OC[C@@H](O)[C@@H](O)[C@H](O)[C@@H](O)CO)cc1. The Kier molecular flexibility index (Phi) is 7.93. The van der Waals surface area contributed by atoms with Gasteiger partial charge in [-0.25, -0.2) is 4.79 Å². The molecule has 0 radical (unpaired) electrons. The van der Waals surface area contributed by atoms with E-state index in [9.17, 15) is 25.2 Å². The summed E-state index contributed by atoms with van der Waals surface area (Å²) in [7, 11) is 0. The van der Waals surface area contributed by atoms with E-state index in [0.717, 1.165) is 0 Å². The highest BCUT2D eigenvalue weighted by Gasteiger charge is 2.30. The first-order valence-electron chi connectivity index (χ1n) is 7.13. The van der Waals surface area contributed by atoms with Gasteiger partial charge in [0.05, 0.1) is 18.8 Å². The van der Waals surface area contributed by atoms with Crippen LogP contribution in [0.15, 0.2) is 24.3 Å². The third-order valence-corrected chi connectivity index (χ3v) is 3.11. The average molecular weight is 330 g/mol. The number of carbonyl (C=O) groups is 1. The molecule has 5 N–H and O–H groups in total. The first kappa shape index (κ1) is 19.3. The van der Waals surface area contributed by atoms with Crippen LogP contribution in [0.3, 0.4) is 0 Å². The van der Waals surface area contributed by atoms with Gasteiger partial charge in [0.15, 0.2) is 0 Å². The van der Waals surface area contributed by atoms with E-state index in [1.54, 1.807) is 12.1 Å². The topological polar surface area (TPSA) is 137 Å². The number of rotatable bonds is 9. The van der Waals surface area contributed by atoms with Crippen molar-refractivity contribution >= 4 is 5.97 Å². The van der Waals surface area contributed by atoms with E-state index in [4.69, 9.17) is 14.6 Å². The van der Waals surface area contributed by atoms with Crippen LogP contribution < -0.4 is 4.74 Å². The third-order valence-electron chi connectivity index (χ3n) is 3.11. The summed E-state index contributed by atoms with van der Waals surface area (Å²) in [5.74, 6) is -0.128. The Morgan fingerprint density at radius 2 is 1.61 bits per heavy atom. The molecular formula is C15H22O8. The second-order valence-electron chi connectivity index (χ2n) is 4.85. The molecule has 0 saturated carbocycles. The summed E-state index contributed by atoms with van der Waals surface area (Å²) >= 11 is 0. The predicted octanol–water partition coefficient (Wildman–Crippen LogP) is -1.32. The fraction of sp³-hybridized carbons (Fsp3) is 0.533. The molecule has 0 unspecified atom stereocenters. The molecule has 1 aromatic carbocycles. The van der Waals surface area contributed by atoms with Crippen LogP contribution in [0.25, 0.3) is 0 Å². The van der Waals surface area contributed by atoms with Crippen molar-refractivity contribution in [3.8, 4) is 5.75 Å². The first-order chi connectivity index (χ1) is 10.9.